The number of nitrogens with zero attached hydrogens (tertiary/aromatic N) is 1. The van der Waals surface area contributed by atoms with Gasteiger partial charge in [0, 0.05) is 17.1 Å². The van der Waals surface area contributed by atoms with Gasteiger partial charge in [-0.15, -0.1) is 0 Å². The molecule has 0 aliphatic heterocycles. The van der Waals surface area contributed by atoms with Gasteiger partial charge in [0.1, 0.15) is 5.03 Å². The van der Waals surface area contributed by atoms with Crippen LogP contribution in [0.3, 0.4) is 0 Å². The molecule has 0 bridgehead atoms. The van der Waals surface area contributed by atoms with Crippen LogP contribution < -0.4 is 5.32 Å². The van der Waals surface area contributed by atoms with Crippen LogP contribution in [-0.4, -0.2) is 16.9 Å². The number of aromatic nitrogens is 1. The van der Waals surface area contributed by atoms with Crippen LogP contribution in [0.1, 0.15) is 43.0 Å². The number of carbonyl (C=O) groups is 1. The van der Waals surface area contributed by atoms with Gasteiger partial charge in [0.25, 0.3) is 5.91 Å². The molecule has 1 fully saturated rings. The molecule has 1 aromatic carbocycles. The van der Waals surface area contributed by atoms with E-state index in [0.717, 1.165) is 16.3 Å². The maximum atomic E-state index is 12.7. The second kappa shape index (κ2) is 7.64. The van der Waals surface area contributed by atoms with Crippen LogP contribution in [0.5, 0.6) is 0 Å². The fourth-order valence-electron chi connectivity index (χ4n) is 3.02. The fourth-order valence-corrected chi connectivity index (χ4v) is 3.92. The highest BCUT2D eigenvalue weighted by atomic mass is 32.2. The van der Waals surface area contributed by atoms with Crippen molar-refractivity contribution < 1.29 is 4.79 Å². The van der Waals surface area contributed by atoms with Crippen molar-refractivity contribution in [2.75, 3.05) is 0 Å². The van der Waals surface area contributed by atoms with Crippen molar-refractivity contribution in [3.8, 4) is 0 Å². The van der Waals surface area contributed by atoms with E-state index in [2.05, 4.69) is 17.2 Å². The third-order valence-corrected chi connectivity index (χ3v) is 5.43. The molecule has 2 atom stereocenters. The monoisotopic (exact) mass is 326 g/mol. The smallest absolute Gasteiger partial charge is 0.254 e. The Bertz CT molecular complexity index is 659. The van der Waals surface area contributed by atoms with Gasteiger partial charge in [-0.25, -0.2) is 4.98 Å². The normalized spacial score (nSPS) is 20.9. The summed E-state index contributed by atoms with van der Waals surface area (Å²) in [6, 6.07) is 14.0. The van der Waals surface area contributed by atoms with E-state index in [0.29, 0.717) is 11.5 Å². The van der Waals surface area contributed by atoms with Crippen molar-refractivity contribution in [2.24, 2.45) is 5.92 Å². The van der Waals surface area contributed by atoms with Crippen molar-refractivity contribution in [1.82, 2.24) is 10.3 Å². The first kappa shape index (κ1) is 16.1. The van der Waals surface area contributed by atoms with Gasteiger partial charge in [0.15, 0.2) is 0 Å². The minimum atomic E-state index is -0.00437. The number of amides is 1. The van der Waals surface area contributed by atoms with Gasteiger partial charge in [-0.3, -0.25) is 4.79 Å². The van der Waals surface area contributed by atoms with E-state index >= 15 is 0 Å². The molecular formula is C19H22N2OS. The maximum absolute atomic E-state index is 12.7. The highest BCUT2D eigenvalue weighted by Crippen LogP contribution is 2.29. The molecule has 1 saturated carbocycles. The lowest BCUT2D eigenvalue weighted by Gasteiger charge is -2.29. The lowest BCUT2D eigenvalue weighted by atomic mass is 9.86. The Balaban J connectivity index is 1.75. The van der Waals surface area contributed by atoms with Crippen LogP contribution in [0.2, 0.25) is 0 Å². The van der Waals surface area contributed by atoms with Gasteiger partial charge >= 0.3 is 0 Å². The molecule has 2 unspecified atom stereocenters. The lowest BCUT2D eigenvalue weighted by molar-refractivity contribution is 0.0906. The quantitative estimate of drug-likeness (QED) is 0.897. The summed E-state index contributed by atoms with van der Waals surface area (Å²) in [4.78, 5) is 18.2. The van der Waals surface area contributed by atoms with Gasteiger partial charge < -0.3 is 5.32 Å². The Morgan fingerprint density at radius 3 is 2.70 bits per heavy atom. The Hall–Kier alpha value is -1.81. The summed E-state index contributed by atoms with van der Waals surface area (Å²) in [5, 5.41) is 3.98. The maximum Gasteiger partial charge on any atom is 0.254 e. The minimum absolute atomic E-state index is 0.00437. The van der Waals surface area contributed by atoms with Crippen molar-refractivity contribution in [1.29, 1.82) is 0 Å². The summed E-state index contributed by atoms with van der Waals surface area (Å²) < 4.78 is 0. The number of benzene rings is 1. The molecule has 1 aliphatic carbocycles. The standard InChI is InChI=1S/C19H22N2OS/c1-14-8-5-6-12-17(14)21-18(22)16-11-7-13-20-19(16)23-15-9-3-2-4-10-15/h2-4,7,9-11,13-14,17H,5-6,8,12H2,1H3,(H,21,22). The van der Waals surface area contributed by atoms with E-state index in [1.54, 1.807) is 6.20 Å². The van der Waals surface area contributed by atoms with E-state index in [-0.39, 0.29) is 11.9 Å². The zero-order valence-electron chi connectivity index (χ0n) is 13.4. The summed E-state index contributed by atoms with van der Waals surface area (Å²) in [6.45, 7) is 2.23. The van der Waals surface area contributed by atoms with Crippen LogP contribution in [0.15, 0.2) is 58.6 Å². The Kier molecular flexibility index (Phi) is 5.34. The van der Waals surface area contributed by atoms with Gasteiger partial charge in [-0.2, -0.15) is 0 Å². The molecule has 2 aromatic rings. The summed E-state index contributed by atoms with van der Waals surface area (Å²) >= 11 is 1.53. The molecule has 0 saturated heterocycles. The van der Waals surface area contributed by atoms with E-state index in [9.17, 15) is 4.79 Å². The molecule has 3 rings (SSSR count). The number of rotatable bonds is 4. The Morgan fingerprint density at radius 2 is 1.91 bits per heavy atom. The summed E-state index contributed by atoms with van der Waals surface area (Å²) in [6.07, 6.45) is 6.49. The predicted octanol–water partition coefficient (Wildman–Crippen LogP) is 4.54. The van der Waals surface area contributed by atoms with E-state index in [1.807, 2.05) is 42.5 Å². The molecular weight excluding hydrogens is 304 g/mol. The highest BCUT2D eigenvalue weighted by Gasteiger charge is 2.24. The van der Waals surface area contributed by atoms with Gasteiger partial charge in [0.05, 0.1) is 5.56 Å². The molecule has 1 heterocycles. The van der Waals surface area contributed by atoms with Gasteiger partial charge in [-0.05, 0) is 43.0 Å². The van der Waals surface area contributed by atoms with E-state index in [4.69, 9.17) is 0 Å². The van der Waals surface area contributed by atoms with Crippen LogP contribution >= 0.6 is 11.8 Å². The molecule has 0 spiro atoms. The van der Waals surface area contributed by atoms with E-state index < -0.39 is 0 Å². The van der Waals surface area contributed by atoms with Crippen LogP contribution in [0.4, 0.5) is 0 Å². The van der Waals surface area contributed by atoms with Crippen molar-refractivity contribution in [3.63, 3.8) is 0 Å². The lowest BCUT2D eigenvalue weighted by Crippen LogP contribution is -2.41. The predicted molar refractivity (Wildman–Crippen MR) is 93.7 cm³/mol. The van der Waals surface area contributed by atoms with Crippen LogP contribution in [0, 0.1) is 5.92 Å². The topological polar surface area (TPSA) is 42.0 Å². The summed E-state index contributed by atoms with van der Waals surface area (Å²) in [5.41, 5.74) is 0.666. The average Bonchev–Trinajstić information content (AvgIpc) is 2.58. The Labute approximate surface area is 141 Å². The van der Waals surface area contributed by atoms with Crippen LogP contribution in [0.25, 0.3) is 0 Å². The molecule has 1 aliphatic rings. The first-order chi connectivity index (χ1) is 11.2. The van der Waals surface area contributed by atoms with Crippen molar-refractivity contribution in [3.05, 3.63) is 54.2 Å². The number of hydrogen-bond acceptors (Lipinski definition) is 3. The second-order valence-corrected chi connectivity index (χ2v) is 7.18. The SMILES string of the molecule is CC1CCCCC1NC(=O)c1cccnc1Sc1ccccc1. The summed E-state index contributed by atoms with van der Waals surface area (Å²) in [5.74, 6) is 0.546. The molecule has 1 N–H and O–H groups in total. The molecule has 1 aromatic heterocycles. The number of carbonyl (C=O) groups excluding carboxylic acids is 1. The van der Waals surface area contributed by atoms with Crippen molar-refractivity contribution in [2.45, 2.75) is 48.6 Å². The zero-order valence-corrected chi connectivity index (χ0v) is 14.2. The first-order valence-electron chi connectivity index (χ1n) is 8.23. The average molecular weight is 326 g/mol. The number of pyridine rings is 1. The zero-order chi connectivity index (χ0) is 16.1. The second-order valence-electron chi connectivity index (χ2n) is 6.11. The number of hydrogen-bond donors (Lipinski definition) is 1. The molecule has 1 amide bonds. The van der Waals surface area contributed by atoms with Gasteiger partial charge in [-0.1, -0.05) is 49.7 Å². The molecule has 0 radical (unpaired) electrons. The number of nitrogens with one attached hydrogen (secondary N) is 1. The third kappa shape index (κ3) is 4.14. The third-order valence-electron chi connectivity index (χ3n) is 4.40. The molecule has 23 heavy (non-hydrogen) atoms. The molecule has 3 nitrogen and oxygen atoms in total. The van der Waals surface area contributed by atoms with E-state index in [1.165, 1.54) is 31.0 Å². The largest absolute Gasteiger partial charge is 0.349 e. The molecule has 4 heteroatoms. The highest BCUT2D eigenvalue weighted by molar-refractivity contribution is 7.99. The summed E-state index contributed by atoms with van der Waals surface area (Å²) in [7, 11) is 0. The molecule has 120 valence electrons. The minimum Gasteiger partial charge on any atom is -0.349 e. The van der Waals surface area contributed by atoms with Crippen LogP contribution in [-0.2, 0) is 0 Å². The van der Waals surface area contributed by atoms with Gasteiger partial charge in [0.2, 0.25) is 0 Å². The Morgan fingerprint density at radius 1 is 1.13 bits per heavy atom. The fraction of sp³-hybridized carbons (Fsp3) is 0.368. The van der Waals surface area contributed by atoms with Crippen molar-refractivity contribution >= 4 is 17.7 Å². The first-order valence-corrected chi connectivity index (χ1v) is 9.04.